The molecule has 0 fully saturated rings. The van der Waals surface area contributed by atoms with Gasteiger partial charge in [-0.05, 0) is 43.3 Å². The first-order valence-electron chi connectivity index (χ1n) is 12.2. The maximum Gasteiger partial charge on any atom is 0.257 e. The molecule has 8 nitrogen and oxygen atoms in total. The number of aromatic nitrogens is 2. The second-order valence-corrected chi connectivity index (χ2v) is 10.7. The summed E-state index contributed by atoms with van der Waals surface area (Å²) in [5.41, 5.74) is 9.75. The molecule has 0 saturated heterocycles. The molecule has 40 heavy (non-hydrogen) atoms. The largest absolute Gasteiger partial charge is 0.487 e. The Labute approximate surface area is 244 Å². The number of nitrogens with two attached hydrogens (primary N) is 1. The van der Waals surface area contributed by atoms with Gasteiger partial charge in [0.15, 0.2) is 11.4 Å². The minimum atomic E-state index is -1.40. The molecule has 0 bridgehead atoms. The van der Waals surface area contributed by atoms with Crippen LogP contribution in [0.1, 0.15) is 11.3 Å². The zero-order valence-corrected chi connectivity index (χ0v) is 23.9. The van der Waals surface area contributed by atoms with E-state index in [9.17, 15) is 9.59 Å². The summed E-state index contributed by atoms with van der Waals surface area (Å²) < 4.78 is 11.7. The standard InChI is InChI=1S/C29H24Cl2N4O4S/c1-16-10-11-17-6-5-9-24(27(17)33-16)38-14-18-19(30)12-13-21(25(18)31)35(2)28(37)26(32)22(36)15-40-29-34-20-7-3-4-8-23(20)39-29/h3-13,26H,14-15,32H2,1-2H3/t26-/m0/s1. The number of para-hydroxylation sites is 3. The van der Waals surface area contributed by atoms with Crippen molar-refractivity contribution < 1.29 is 18.7 Å². The highest BCUT2D eigenvalue weighted by Gasteiger charge is 2.28. The minimum Gasteiger partial charge on any atom is -0.487 e. The van der Waals surface area contributed by atoms with Crippen LogP contribution in [0.15, 0.2) is 76.4 Å². The third-order valence-electron chi connectivity index (χ3n) is 6.28. The van der Waals surface area contributed by atoms with E-state index < -0.39 is 17.7 Å². The number of oxazole rings is 1. The number of rotatable bonds is 9. The fourth-order valence-corrected chi connectivity index (χ4v) is 5.42. The number of anilines is 1. The van der Waals surface area contributed by atoms with Gasteiger partial charge in [0.1, 0.15) is 29.4 Å². The van der Waals surface area contributed by atoms with Crippen molar-refractivity contribution in [3.05, 3.63) is 88.0 Å². The number of hydrogen-bond acceptors (Lipinski definition) is 8. The summed E-state index contributed by atoms with van der Waals surface area (Å²) in [6.45, 7) is 1.94. The van der Waals surface area contributed by atoms with E-state index >= 15 is 0 Å². The first-order chi connectivity index (χ1) is 19.2. The Morgan fingerprint density at radius 1 is 1.05 bits per heavy atom. The van der Waals surface area contributed by atoms with Crippen molar-refractivity contribution in [2.45, 2.75) is 24.8 Å². The maximum absolute atomic E-state index is 13.1. The number of thioether (sulfide) groups is 1. The van der Waals surface area contributed by atoms with Crippen LogP contribution in [0.4, 0.5) is 5.69 Å². The highest BCUT2D eigenvalue weighted by Crippen LogP contribution is 2.35. The number of nitrogens with zero attached hydrogens (tertiary/aromatic N) is 3. The highest BCUT2D eigenvalue weighted by atomic mass is 35.5. The summed E-state index contributed by atoms with van der Waals surface area (Å²) in [7, 11) is 1.50. The van der Waals surface area contributed by atoms with Gasteiger partial charge >= 0.3 is 0 Å². The number of Topliss-reactive ketones (excluding diaryl/α,β-unsaturated/α-hetero) is 1. The number of benzene rings is 3. The van der Waals surface area contributed by atoms with E-state index in [1.54, 1.807) is 18.2 Å². The summed E-state index contributed by atoms with van der Waals surface area (Å²) in [5.74, 6) is -0.601. The molecule has 1 atom stereocenters. The average molecular weight is 596 g/mol. The van der Waals surface area contributed by atoms with Crippen molar-refractivity contribution in [2.24, 2.45) is 5.73 Å². The molecule has 0 aliphatic carbocycles. The lowest BCUT2D eigenvalue weighted by Crippen LogP contribution is -2.47. The van der Waals surface area contributed by atoms with Gasteiger partial charge in [-0.25, -0.2) is 9.97 Å². The summed E-state index contributed by atoms with van der Waals surface area (Å²) in [5, 5.41) is 1.85. The van der Waals surface area contributed by atoms with Gasteiger partial charge in [0.2, 0.25) is 0 Å². The van der Waals surface area contributed by atoms with Crippen LogP contribution in [0, 0.1) is 6.92 Å². The van der Waals surface area contributed by atoms with E-state index in [0.717, 1.165) is 28.4 Å². The second-order valence-electron chi connectivity index (χ2n) is 9.01. The molecular formula is C29H24Cl2N4O4S. The van der Waals surface area contributed by atoms with Crippen molar-refractivity contribution >= 4 is 74.3 Å². The molecule has 3 aromatic carbocycles. The lowest BCUT2D eigenvalue weighted by atomic mass is 10.1. The Bertz CT molecular complexity index is 1710. The molecule has 0 unspecified atom stereocenters. The van der Waals surface area contributed by atoms with Crippen LogP contribution >= 0.6 is 35.0 Å². The molecule has 11 heteroatoms. The predicted octanol–water partition coefficient (Wildman–Crippen LogP) is 6.22. The molecular weight excluding hydrogens is 571 g/mol. The minimum absolute atomic E-state index is 0.0361. The average Bonchev–Trinajstić information content (AvgIpc) is 3.38. The quantitative estimate of drug-likeness (QED) is 0.158. The molecule has 2 heterocycles. The molecule has 204 valence electrons. The van der Waals surface area contributed by atoms with Gasteiger partial charge in [-0.2, -0.15) is 0 Å². The predicted molar refractivity (Wildman–Crippen MR) is 158 cm³/mol. The van der Waals surface area contributed by atoms with E-state index in [-0.39, 0.29) is 17.4 Å². The van der Waals surface area contributed by atoms with E-state index in [1.165, 1.54) is 11.9 Å². The molecule has 5 rings (SSSR count). The number of likely N-dealkylation sites (N-methyl/N-ethyl adjacent to an activating group) is 1. The van der Waals surface area contributed by atoms with Crippen molar-refractivity contribution in [3.8, 4) is 5.75 Å². The summed E-state index contributed by atoms with van der Waals surface area (Å²) >= 11 is 14.2. The zero-order chi connectivity index (χ0) is 28.4. The number of amides is 1. The Morgan fingerprint density at radius 3 is 2.65 bits per heavy atom. The van der Waals surface area contributed by atoms with Gasteiger partial charge in [0.25, 0.3) is 11.1 Å². The third-order valence-corrected chi connectivity index (χ3v) is 7.90. The molecule has 2 aromatic heterocycles. The van der Waals surface area contributed by atoms with Crippen LogP contribution in [-0.2, 0) is 16.2 Å². The highest BCUT2D eigenvalue weighted by molar-refractivity contribution is 7.99. The Balaban J connectivity index is 1.28. The number of aryl methyl sites for hydroxylation is 1. The number of halogens is 2. The second kappa shape index (κ2) is 11.9. The lowest BCUT2D eigenvalue weighted by Gasteiger charge is -2.23. The molecule has 0 aliphatic rings. The molecule has 5 aromatic rings. The number of ketones is 1. The number of hydrogen-bond donors (Lipinski definition) is 1. The SMILES string of the molecule is Cc1ccc2cccc(OCc3c(Cl)ccc(N(C)C(=O)[C@@H](N)C(=O)CSc4nc5ccccc5o4)c3Cl)c2n1. The van der Waals surface area contributed by atoms with Crippen molar-refractivity contribution in [2.75, 3.05) is 17.7 Å². The van der Waals surface area contributed by atoms with Gasteiger partial charge in [-0.15, -0.1) is 0 Å². The van der Waals surface area contributed by atoms with E-state index in [1.807, 2.05) is 55.5 Å². The molecule has 0 spiro atoms. The fraction of sp³-hybridized carbons (Fsp3) is 0.172. The lowest BCUT2D eigenvalue weighted by molar-refractivity contribution is -0.127. The number of carbonyl (C=O) groups is 2. The summed E-state index contributed by atoms with van der Waals surface area (Å²) in [6.07, 6.45) is 0. The van der Waals surface area contributed by atoms with Gasteiger partial charge < -0.3 is 19.8 Å². The van der Waals surface area contributed by atoms with Crippen LogP contribution in [0.5, 0.6) is 5.75 Å². The Kier molecular flexibility index (Phi) is 8.27. The number of fused-ring (bicyclic) bond motifs is 2. The summed E-state index contributed by atoms with van der Waals surface area (Å²) in [4.78, 5) is 36.1. The summed E-state index contributed by atoms with van der Waals surface area (Å²) in [6, 6.07) is 18.6. The third kappa shape index (κ3) is 5.78. The van der Waals surface area contributed by atoms with E-state index in [2.05, 4.69) is 9.97 Å². The number of pyridine rings is 1. The molecule has 0 saturated carbocycles. The molecule has 0 aliphatic heterocycles. The van der Waals surface area contributed by atoms with Crippen molar-refractivity contribution in [1.82, 2.24) is 9.97 Å². The van der Waals surface area contributed by atoms with Crippen molar-refractivity contribution in [3.63, 3.8) is 0 Å². The monoisotopic (exact) mass is 594 g/mol. The topological polar surface area (TPSA) is 112 Å². The van der Waals surface area contributed by atoms with Crippen LogP contribution < -0.4 is 15.4 Å². The number of carbonyl (C=O) groups excluding carboxylic acids is 2. The Morgan fingerprint density at radius 2 is 1.85 bits per heavy atom. The maximum atomic E-state index is 13.1. The molecule has 0 radical (unpaired) electrons. The first-order valence-corrected chi connectivity index (χ1v) is 14.0. The molecule has 2 N–H and O–H groups in total. The van der Waals surface area contributed by atoms with Crippen LogP contribution in [-0.4, -0.2) is 40.5 Å². The van der Waals surface area contributed by atoms with Crippen LogP contribution in [0.3, 0.4) is 0 Å². The van der Waals surface area contributed by atoms with E-state index in [4.69, 9.17) is 38.1 Å². The van der Waals surface area contributed by atoms with Gasteiger partial charge in [-0.1, -0.05) is 65.3 Å². The smallest absolute Gasteiger partial charge is 0.257 e. The first kappa shape index (κ1) is 27.9. The van der Waals surface area contributed by atoms with Crippen LogP contribution in [0.25, 0.3) is 22.0 Å². The normalized spacial score (nSPS) is 12.0. The number of ether oxygens (including phenoxy) is 1. The van der Waals surface area contributed by atoms with Gasteiger partial charge in [0, 0.05) is 28.7 Å². The fourth-order valence-electron chi connectivity index (χ4n) is 4.06. The Hall–Kier alpha value is -3.63. The zero-order valence-electron chi connectivity index (χ0n) is 21.6. The van der Waals surface area contributed by atoms with E-state index in [0.29, 0.717) is 38.3 Å². The van der Waals surface area contributed by atoms with Gasteiger partial charge in [-0.3, -0.25) is 9.59 Å². The van der Waals surface area contributed by atoms with Gasteiger partial charge in [0.05, 0.1) is 16.5 Å². The van der Waals surface area contributed by atoms with Crippen molar-refractivity contribution in [1.29, 1.82) is 0 Å². The van der Waals surface area contributed by atoms with Crippen LogP contribution in [0.2, 0.25) is 10.0 Å². The molecule has 1 amide bonds.